The zero-order valence-corrected chi connectivity index (χ0v) is 10.9. The molecule has 100 valence electrons. The van der Waals surface area contributed by atoms with Crippen LogP contribution < -0.4 is 10.6 Å². The summed E-state index contributed by atoms with van der Waals surface area (Å²) >= 11 is 0. The predicted octanol–water partition coefficient (Wildman–Crippen LogP) is 1.55. The van der Waals surface area contributed by atoms with Crippen LogP contribution in [0.15, 0.2) is 29.3 Å². The Labute approximate surface area is 111 Å². The Kier molecular flexibility index (Phi) is 3.66. The standard InChI is InChI=1S/C14H16N2O3/c1-8-3-4-10(14(18)19)5-12(8)16-13(17)9(2)11-6-15-7-11/h3-5,15H,6-7H2,1-2H3,(H,16,17)(H,18,19). The van der Waals surface area contributed by atoms with Crippen molar-refractivity contribution in [3.8, 4) is 0 Å². The van der Waals surface area contributed by atoms with Gasteiger partial charge in [-0.2, -0.15) is 0 Å². The van der Waals surface area contributed by atoms with Crippen molar-refractivity contribution in [2.75, 3.05) is 18.4 Å². The Morgan fingerprint density at radius 3 is 2.53 bits per heavy atom. The van der Waals surface area contributed by atoms with Gasteiger partial charge in [-0.25, -0.2) is 4.79 Å². The number of aryl methyl sites for hydroxylation is 1. The molecule has 0 aliphatic carbocycles. The molecule has 19 heavy (non-hydrogen) atoms. The first kappa shape index (κ1) is 13.3. The molecule has 1 saturated heterocycles. The first-order chi connectivity index (χ1) is 8.99. The first-order valence-corrected chi connectivity index (χ1v) is 6.03. The van der Waals surface area contributed by atoms with Crippen molar-refractivity contribution in [3.05, 3.63) is 40.5 Å². The third kappa shape index (κ3) is 2.82. The Hall–Kier alpha value is -2.14. The van der Waals surface area contributed by atoms with E-state index >= 15 is 0 Å². The molecule has 1 aromatic rings. The van der Waals surface area contributed by atoms with Gasteiger partial charge in [-0.05, 0) is 37.1 Å². The number of hydrogen-bond acceptors (Lipinski definition) is 3. The number of hydrogen-bond donors (Lipinski definition) is 3. The van der Waals surface area contributed by atoms with Gasteiger partial charge in [-0.1, -0.05) is 6.07 Å². The Balaban J connectivity index is 2.21. The molecule has 0 spiro atoms. The van der Waals surface area contributed by atoms with E-state index in [1.165, 1.54) is 12.1 Å². The van der Waals surface area contributed by atoms with Crippen molar-refractivity contribution in [3.63, 3.8) is 0 Å². The Morgan fingerprint density at radius 1 is 1.32 bits per heavy atom. The van der Waals surface area contributed by atoms with Crippen molar-refractivity contribution in [1.29, 1.82) is 0 Å². The normalized spacial score (nSPS) is 13.7. The third-order valence-electron chi connectivity index (χ3n) is 3.28. The first-order valence-electron chi connectivity index (χ1n) is 6.03. The number of benzene rings is 1. The fraction of sp³-hybridized carbons (Fsp3) is 0.286. The summed E-state index contributed by atoms with van der Waals surface area (Å²) in [5.74, 6) is -1.18. The van der Waals surface area contributed by atoms with E-state index in [1.807, 2.05) is 6.92 Å². The second-order valence-corrected chi connectivity index (χ2v) is 4.62. The molecule has 1 aliphatic heterocycles. The van der Waals surface area contributed by atoms with Crippen LogP contribution in [-0.2, 0) is 4.79 Å². The number of anilines is 1. The lowest BCUT2D eigenvalue weighted by molar-refractivity contribution is -0.112. The monoisotopic (exact) mass is 260 g/mol. The number of carboxylic acid groups (broad SMARTS) is 1. The number of rotatable bonds is 3. The minimum Gasteiger partial charge on any atom is -0.478 e. The van der Waals surface area contributed by atoms with E-state index in [-0.39, 0.29) is 11.5 Å². The maximum Gasteiger partial charge on any atom is 0.335 e. The lowest BCUT2D eigenvalue weighted by atomic mass is 10.0. The second kappa shape index (κ2) is 5.24. The molecule has 1 amide bonds. The largest absolute Gasteiger partial charge is 0.478 e. The van der Waals surface area contributed by atoms with E-state index in [0.29, 0.717) is 11.3 Å². The number of amides is 1. The Bertz CT molecular complexity index is 570. The smallest absolute Gasteiger partial charge is 0.335 e. The molecule has 0 atom stereocenters. The van der Waals surface area contributed by atoms with Crippen LogP contribution in [0.1, 0.15) is 22.8 Å². The highest BCUT2D eigenvalue weighted by molar-refractivity contribution is 6.05. The van der Waals surface area contributed by atoms with E-state index < -0.39 is 5.97 Å². The fourth-order valence-electron chi connectivity index (χ4n) is 1.78. The molecule has 0 aromatic heterocycles. The minimum atomic E-state index is -1.01. The summed E-state index contributed by atoms with van der Waals surface area (Å²) in [4.78, 5) is 23.0. The molecule has 0 unspecified atom stereocenters. The van der Waals surface area contributed by atoms with Crippen LogP contribution in [0.4, 0.5) is 5.69 Å². The van der Waals surface area contributed by atoms with E-state index in [4.69, 9.17) is 5.11 Å². The second-order valence-electron chi connectivity index (χ2n) is 4.62. The van der Waals surface area contributed by atoms with Crippen LogP contribution >= 0.6 is 0 Å². The number of aromatic carboxylic acids is 1. The maximum atomic E-state index is 12.0. The van der Waals surface area contributed by atoms with Crippen LogP contribution in [-0.4, -0.2) is 30.1 Å². The minimum absolute atomic E-state index is 0.163. The van der Waals surface area contributed by atoms with Gasteiger partial charge in [0.15, 0.2) is 0 Å². The topological polar surface area (TPSA) is 78.4 Å². The highest BCUT2D eigenvalue weighted by Crippen LogP contribution is 2.19. The summed E-state index contributed by atoms with van der Waals surface area (Å²) in [5, 5.41) is 14.8. The van der Waals surface area contributed by atoms with Gasteiger partial charge in [0, 0.05) is 24.4 Å². The average molecular weight is 260 g/mol. The van der Waals surface area contributed by atoms with E-state index in [9.17, 15) is 9.59 Å². The maximum absolute atomic E-state index is 12.0. The van der Waals surface area contributed by atoms with E-state index in [2.05, 4.69) is 10.6 Å². The number of nitrogens with one attached hydrogen (secondary N) is 2. The third-order valence-corrected chi connectivity index (χ3v) is 3.28. The summed E-state index contributed by atoms with van der Waals surface area (Å²) in [6.45, 7) is 5.09. The number of carboxylic acids is 1. The molecule has 2 rings (SSSR count). The van der Waals surface area contributed by atoms with E-state index in [0.717, 1.165) is 24.2 Å². The molecule has 1 aromatic carbocycles. The van der Waals surface area contributed by atoms with Gasteiger partial charge in [0.25, 0.3) is 5.91 Å². The number of carbonyl (C=O) groups excluding carboxylic acids is 1. The fourth-order valence-corrected chi connectivity index (χ4v) is 1.78. The molecule has 0 saturated carbocycles. The molecule has 1 aliphatic rings. The predicted molar refractivity (Wildman–Crippen MR) is 72.3 cm³/mol. The molecule has 5 heteroatoms. The van der Waals surface area contributed by atoms with Gasteiger partial charge in [-0.15, -0.1) is 0 Å². The SMILES string of the molecule is CC(C(=O)Nc1cc(C(=O)O)ccc1C)=C1CNC1. The number of carbonyl (C=O) groups is 2. The summed E-state index contributed by atoms with van der Waals surface area (Å²) < 4.78 is 0. The molecular formula is C14H16N2O3. The Morgan fingerprint density at radius 2 is 2.00 bits per heavy atom. The highest BCUT2D eigenvalue weighted by Gasteiger charge is 2.17. The van der Waals surface area contributed by atoms with Gasteiger partial charge < -0.3 is 15.7 Å². The van der Waals surface area contributed by atoms with Crippen molar-refractivity contribution in [2.24, 2.45) is 0 Å². The quantitative estimate of drug-likeness (QED) is 0.720. The van der Waals surface area contributed by atoms with Gasteiger partial charge in [0.05, 0.1) is 5.56 Å². The van der Waals surface area contributed by atoms with Crippen LogP contribution in [0.5, 0.6) is 0 Å². The van der Waals surface area contributed by atoms with Crippen molar-refractivity contribution >= 4 is 17.6 Å². The van der Waals surface area contributed by atoms with Gasteiger partial charge in [0.2, 0.25) is 0 Å². The van der Waals surface area contributed by atoms with Crippen molar-refractivity contribution < 1.29 is 14.7 Å². The van der Waals surface area contributed by atoms with Crippen LogP contribution in [0.3, 0.4) is 0 Å². The van der Waals surface area contributed by atoms with Crippen molar-refractivity contribution in [2.45, 2.75) is 13.8 Å². The lowest BCUT2D eigenvalue weighted by Crippen LogP contribution is -2.36. The molecule has 0 bridgehead atoms. The van der Waals surface area contributed by atoms with Crippen LogP contribution in [0.2, 0.25) is 0 Å². The molecule has 1 heterocycles. The lowest BCUT2D eigenvalue weighted by Gasteiger charge is -2.21. The summed E-state index contributed by atoms with van der Waals surface area (Å²) in [6, 6.07) is 4.69. The molecule has 5 nitrogen and oxygen atoms in total. The molecular weight excluding hydrogens is 244 g/mol. The van der Waals surface area contributed by atoms with Gasteiger partial charge in [0.1, 0.15) is 0 Å². The van der Waals surface area contributed by atoms with Crippen molar-refractivity contribution in [1.82, 2.24) is 5.32 Å². The summed E-state index contributed by atoms with van der Waals surface area (Å²) in [7, 11) is 0. The highest BCUT2D eigenvalue weighted by atomic mass is 16.4. The van der Waals surface area contributed by atoms with Crippen LogP contribution in [0.25, 0.3) is 0 Å². The molecule has 0 radical (unpaired) electrons. The zero-order chi connectivity index (χ0) is 14.0. The molecule has 1 fully saturated rings. The van der Waals surface area contributed by atoms with Gasteiger partial charge in [-0.3, -0.25) is 4.79 Å². The summed E-state index contributed by atoms with van der Waals surface area (Å²) in [5.41, 5.74) is 3.32. The van der Waals surface area contributed by atoms with E-state index in [1.54, 1.807) is 13.0 Å². The average Bonchev–Trinajstić information content (AvgIpc) is 2.29. The summed E-state index contributed by atoms with van der Waals surface area (Å²) in [6.07, 6.45) is 0. The van der Waals surface area contributed by atoms with Crippen LogP contribution in [0, 0.1) is 6.92 Å². The zero-order valence-electron chi connectivity index (χ0n) is 10.9. The molecule has 3 N–H and O–H groups in total. The van der Waals surface area contributed by atoms with Gasteiger partial charge >= 0.3 is 5.97 Å².